The molecule has 1 aromatic rings. The van der Waals surface area contributed by atoms with Crippen LogP contribution in [0.1, 0.15) is 47.0 Å². The maximum Gasteiger partial charge on any atom is 0.530 e. The zero-order chi connectivity index (χ0) is 22.9. The van der Waals surface area contributed by atoms with E-state index < -0.39 is 19.0 Å². The first-order chi connectivity index (χ1) is 14.5. The number of phosphoric acid groups is 1. The maximum atomic E-state index is 12.8. The highest BCUT2D eigenvalue weighted by molar-refractivity contribution is 7.49. The molecule has 2 atom stereocenters. The number of likely N-dealkylation sites (N-methyl/N-ethyl adjacent to an activating group) is 1. The zero-order valence-corrected chi connectivity index (χ0v) is 20.6. The molecule has 0 radical (unpaired) electrons. The zero-order valence-electron chi connectivity index (χ0n) is 19.7. The highest BCUT2D eigenvalue weighted by Crippen LogP contribution is 2.66. The molecule has 0 aromatic heterocycles. The van der Waals surface area contributed by atoms with E-state index in [0.29, 0.717) is 12.0 Å². The fraction of sp³-hybridized carbons (Fsp3) is 0.652. The molecule has 2 heterocycles. The number of hydrogen-bond acceptors (Lipinski definition) is 7. The highest BCUT2D eigenvalue weighted by atomic mass is 31.2. The summed E-state index contributed by atoms with van der Waals surface area (Å²) in [6, 6.07) is 7.92. The smallest absolute Gasteiger partial charge is 0.493 e. The maximum absolute atomic E-state index is 12.8. The van der Waals surface area contributed by atoms with Crippen LogP contribution in [0.4, 0.5) is 0 Å². The number of para-hydroxylation sites is 2. The second-order valence-electron chi connectivity index (χ2n) is 9.29. The number of likely N-dealkylation sites (tertiary alicyclic amines) is 1. The summed E-state index contributed by atoms with van der Waals surface area (Å²) in [4.78, 5) is 2.33. The summed E-state index contributed by atoms with van der Waals surface area (Å²) in [5, 5.41) is 0. The number of nitrogens with zero attached hydrogens (tertiary/aromatic N) is 1. The summed E-state index contributed by atoms with van der Waals surface area (Å²) < 4.78 is 39.8. The van der Waals surface area contributed by atoms with Crippen LogP contribution in [0, 0.1) is 5.92 Å². The molecule has 0 saturated carbocycles. The normalized spacial score (nSPS) is 28.0. The monoisotopic (exact) mass is 453 g/mol. The largest absolute Gasteiger partial charge is 0.530 e. The topological polar surface area (TPSA) is 66.5 Å². The van der Waals surface area contributed by atoms with E-state index in [1.165, 1.54) is 6.42 Å². The lowest BCUT2D eigenvalue weighted by Crippen LogP contribution is -2.41. The Bertz CT molecular complexity index is 809. The standard InChI is InChI=1S/C15H26NO4P.C8H10O2/c1-14(2)15(3,4)20-21(17,19-14)18-12-7-6-11-8-9-16(5)13(11)10-12;1-9-7-5-3-4-6-8(7)10-2/h10-11,13H,6-9H2,1-5H3;3-6H,1-2H3. The molecule has 0 amide bonds. The lowest BCUT2D eigenvalue weighted by atomic mass is 9.89. The van der Waals surface area contributed by atoms with Gasteiger partial charge in [-0.2, -0.15) is 0 Å². The van der Waals surface area contributed by atoms with Crippen LogP contribution < -0.4 is 9.47 Å². The quantitative estimate of drug-likeness (QED) is 0.564. The number of benzene rings is 1. The van der Waals surface area contributed by atoms with Crippen LogP contribution in [-0.4, -0.2) is 50.0 Å². The molecule has 7 nitrogen and oxygen atoms in total. The van der Waals surface area contributed by atoms with Crippen LogP contribution >= 0.6 is 7.82 Å². The van der Waals surface area contributed by atoms with Crippen LogP contribution in [0.15, 0.2) is 36.1 Å². The molecule has 4 rings (SSSR count). The third kappa shape index (κ3) is 5.28. The second-order valence-corrected chi connectivity index (χ2v) is 10.7. The van der Waals surface area contributed by atoms with E-state index >= 15 is 0 Å². The van der Waals surface area contributed by atoms with E-state index in [1.807, 2.05) is 52.0 Å². The van der Waals surface area contributed by atoms with E-state index in [2.05, 4.69) is 18.0 Å². The van der Waals surface area contributed by atoms with Crippen molar-refractivity contribution >= 4 is 7.82 Å². The molecular weight excluding hydrogens is 417 g/mol. The molecule has 2 saturated heterocycles. The molecule has 1 aliphatic carbocycles. The number of ether oxygens (including phenoxy) is 2. The van der Waals surface area contributed by atoms with Gasteiger partial charge >= 0.3 is 7.82 Å². The van der Waals surface area contributed by atoms with Gasteiger partial charge in [0.15, 0.2) is 11.5 Å². The summed E-state index contributed by atoms with van der Waals surface area (Å²) in [5.41, 5.74) is -1.27. The summed E-state index contributed by atoms with van der Waals surface area (Å²) in [7, 11) is 1.85. The minimum atomic E-state index is -3.52. The summed E-state index contributed by atoms with van der Waals surface area (Å²) in [6.07, 6.45) is 5.22. The van der Waals surface area contributed by atoms with Crippen molar-refractivity contribution in [2.75, 3.05) is 27.8 Å². The summed E-state index contributed by atoms with van der Waals surface area (Å²) in [5.74, 6) is 2.98. The van der Waals surface area contributed by atoms with Crippen molar-refractivity contribution in [1.82, 2.24) is 4.90 Å². The molecule has 8 heteroatoms. The fourth-order valence-corrected chi connectivity index (χ4v) is 6.18. The minimum Gasteiger partial charge on any atom is -0.493 e. The van der Waals surface area contributed by atoms with Crippen molar-refractivity contribution in [3.8, 4) is 11.5 Å². The van der Waals surface area contributed by atoms with Gasteiger partial charge in [0.25, 0.3) is 0 Å². The van der Waals surface area contributed by atoms with Gasteiger partial charge in [0.05, 0.1) is 14.2 Å². The predicted octanol–water partition coefficient (Wildman–Crippen LogP) is 5.42. The Morgan fingerprint density at radius 2 is 1.55 bits per heavy atom. The van der Waals surface area contributed by atoms with Gasteiger partial charge in [-0.05, 0) is 78.3 Å². The van der Waals surface area contributed by atoms with Gasteiger partial charge in [0.1, 0.15) is 17.0 Å². The van der Waals surface area contributed by atoms with Crippen molar-refractivity contribution in [2.45, 2.75) is 64.2 Å². The Morgan fingerprint density at radius 3 is 2.06 bits per heavy atom. The first-order valence-electron chi connectivity index (χ1n) is 10.8. The second kappa shape index (κ2) is 9.14. The van der Waals surface area contributed by atoms with Gasteiger partial charge in [-0.3, -0.25) is 13.9 Å². The number of allylic oxidation sites excluding steroid dienone is 1. The molecule has 0 spiro atoms. The molecule has 2 aliphatic heterocycles. The lowest BCUT2D eigenvalue weighted by Gasteiger charge is -2.28. The minimum absolute atomic E-state index is 0.393. The van der Waals surface area contributed by atoms with E-state index in [9.17, 15) is 4.57 Å². The van der Waals surface area contributed by atoms with Crippen molar-refractivity contribution in [2.24, 2.45) is 5.92 Å². The summed E-state index contributed by atoms with van der Waals surface area (Å²) >= 11 is 0. The molecule has 3 aliphatic rings. The van der Waals surface area contributed by atoms with Gasteiger partial charge in [-0.1, -0.05) is 12.1 Å². The van der Waals surface area contributed by atoms with Crippen LogP contribution in [0.2, 0.25) is 0 Å². The average Bonchev–Trinajstić information content (AvgIpc) is 3.14. The molecule has 31 heavy (non-hydrogen) atoms. The van der Waals surface area contributed by atoms with E-state index in [0.717, 1.165) is 36.6 Å². The van der Waals surface area contributed by atoms with Gasteiger partial charge in [0.2, 0.25) is 0 Å². The number of methoxy groups -OCH3 is 2. The molecule has 2 fully saturated rings. The van der Waals surface area contributed by atoms with E-state index in [1.54, 1.807) is 14.2 Å². The molecule has 174 valence electrons. The van der Waals surface area contributed by atoms with Crippen LogP contribution in [-0.2, 0) is 18.1 Å². The van der Waals surface area contributed by atoms with Crippen LogP contribution in [0.5, 0.6) is 11.5 Å². The number of hydrogen-bond donors (Lipinski definition) is 0. The molecule has 2 unspecified atom stereocenters. The predicted molar refractivity (Wildman–Crippen MR) is 120 cm³/mol. The fourth-order valence-electron chi connectivity index (χ4n) is 4.07. The summed E-state index contributed by atoms with van der Waals surface area (Å²) in [6.45, 7) is 8.64. The number of phosphoric ester groups is 1. The number of fused-ring (bicyclic) bond motifs is 1. The SMILES string of the molecule is CN1CCC2CCC(OP3(=O)OC(C)(C)C(C)(C)O3)=CC21.COc1ccccc1OC. The van der Waals surface area contributed by atoms with Gasteiger partial charge < -0.3 is 14.0 Å². The van der Waals surface area contributed by atoms with Crippen LogP contribution in [0.25, 0.3) is 0 Å². The van der Waals surface area contributed by atoms with Gasteiger partial charge in [0, 0.05) is 12.5 Å². The van der Waals surface area contributed by atoms with Gasteiger partial charge in [-0.15, -0.1) is 0 Å². The Balaban J connectivity index is 0.000000229. The third-order valence-electron chi connectivity index (χ3n) is 6.61. The Kier molecular flexibility index (Phi) is 7.11. The average molecular weight is 454 g/mol. The molecule has 0 bridgehead atoms. The molecular formula is C23H36NO6P. The Labute approximate surface area is 186 Å². The van der Waals surface area contributed by atoms with Gasteiger partial charge in [-0.25, -0.2) is 4.57 Å². The van der Waals surface area contributed by atoms with Crippen molar-refractivity contribution in [3.05, 3.63) is 36.1 Å². The lowest BCUT2D eigenvalue weighted by molar-refractivity contribution is 0.00578. The Morgan fingerprint density at radius 1 is 1.00 bits per heavy atom. The van der Waals surface area contributed by atoms with Crippen molar-refractivity contribution in [1.29, 1.82) is 0 Å². The third-order valence-corrected chi connectivity index (χ3v) is 8.43. The number of rotatable bonds is 4. The van der Waals surface area contributed by atoms with E-state index in [4.69, 9.17) is 23.0 Å². The van der Waals surface area contributed by atoms with Crippen molar-refractivity contribution < 1.29 is 27.6 Å². The molecule has 1 aromatic carbocycles. The first kappa shape index (κ1) is 24.1. The van der Waals surface area contributed by atoms with Crippen LogP contribution in [0.3, 0.4) is 0 Å². The molecule has 0 N–H and O–H groups in total. The van der Waals surface area contributed by atoms with Crippen molar-refractivity contribution in [3.63, 3.8) is 0 Å². The van der Waals surface area contributed by atoms with E-state index in [-0.39, 0.29) is 0 Å². The highest BCUT2D eigenvalue weighted by Gasteiger charge is 2.58. The first-order valence-corrected chi connectivity index (χ1v) is 12.3. The Hall–Kier alpha value is -1.53.